The minimum atomic E-state index is -0.613. The minimum absolute atomic E-state index is 0.165. The fourth-order valence-corrected chi connectivity index (χ4v) is 2.97. The second kappa shape index (κ2) is 10.3. The van der Waals surface area contributed by atoms with Gasteiger partial charge < -0.3 is 4.74 Å². The highest BCUT2D eigenvalue weighted by Crippen LogP contribution is 2.33. The molecule has 3 nitrogen and oxygen atoms in total. The number of esters is 1. The topological polar surface area (TPSA) is 43.4 Å². The van der Waals surface area contributed by atoms with E-state index >= 15 is 0 Å². The Morgan fingerprint density at radius 3 is 2.21 bits per heavy atom. The SMILES string of the molecule is CCCCSCC(=O)CC(CC)(CC)C(=O)OCC. The van der Waals surface area contributed by atoms with Gasteiger partial charge in [-0.2, -0.15) is 11.8 Å². The highest BCUT2D eigenvalue weighted by molar-refractivity contribution is 7.99. The van der Waals surface area contributed by atoms with E-state index in [1.54, 1.807) is 18.7 Å². The van der Waals surface area contributed by atoms with Crippen LogP contribution in [0.3, 0.4) is 0 Å². The van der Waals surface area contributed by atoms with E-state index in [0.29, 0.717) is 31.6 Å². The molecule has 0 bridgehead atoms. The maximum Gasteiger partial charge on any atom is 0.312 e. The van der Waals surface area contributed by atoms with Crippen molar-refractivity contribution in [2.24, 2.45) is 5.41 Å². The van der Waals surface area contributed by atoms with Gasteiger partial charge in [-0.25, -0.2) is 0 Å². The molecule has 0 spiro atoms. The van der Waals surface area contributed by atoms with Crippen LogP contribution in [0.4, 0.5) is 0 Å². The van der Waals surface area contributed by atoms with E-state index in [0.717, 1.165) is 18.6 Å². The molecule has 0 N–H and O–H groups in total. The first-order valence-electron chi connectivity index (χ1n) is 7.32. The van der Waals surface area contributed by atoms with Crippen LogP contribution >= 0.6 is 11.8 Å². The number of rotatable bonds is 11. The van der Waals surface area contributed by atoms with Crippen molar-refractivity contribution in [2.75, 3.05) is 18.1 Å². The van der Waals surface area contributed by atoms with Gasteiger partial charge in [0.2, 0.25) is 0 Å². The van der Waals surface area contributed by atoms with Crippen LogP contribution in [0.15, 0.2) is 0 Å². The highest BCUT2D eigenvalue weighted by atomic mass is 32.2. The van der Waals surface area contributed by atoms with Gasteiger partial charge in [-0.15, -0.1) is 0 Å². The van der Waals surface area contributed by atoms with Crippen LogP contribution in [0.25, 0.3) is 0 Å². The summed E-state index contributed by atoms with van der Waals surface area (Å²) in [6.45, 7) is 8.23. The second-order valence-corrected chi connectivity index (χ2v) is 5.93. The average molecular weight is 288 g/mol. The molecule has 112 valence electrons. The van der Waals surface area contributed by atoms with Gasteiger partial charge in [0.1, 0.15) is 5.78 Å². The molecule has 0 aliphatic heterocycles. The number of hydrogen-bond donors (Lipinski definition) is 0. The molecule has 0 amide bonds. The summed E-state index contributed by atoms with van der Waals surface area (Å²) < 4.78 is 5.14. The Labute approximate surface area is 121 Å². The Hall–Kier alpha value is -0.510. The van der Waals surface area contributed by atoms with Crippen LogP contribution in [0, 0.1) is 5.41 Å². The number of ether oxygens (including phenoxy) is 1. The number of hydrogen-bond acceptors (Lipinski definition) is 4. The lowest BCUT2D eigenvalue weighted by Gasteiger charge is -2.28. The molecule has 0 atom stereocenters. The molecule has 0 radical (unpaired) electrons. The maximum atomic E-state index is 12.1. The van der Waals surface area contributed by atoms with Gasteiger partial charge in [0.25, 0.3) is 0 Å². The van der Waals surface area contributed by atoms with Gasteiger partial charge in [-0.1, -0.05) is 27.2 Å². The number of unbranched alkanes of at least 4 members (excludes halogenated alkanes) is 1. The van der Waals surface area contributed by atoms with Crippen LogP contribution in [0.1, 0.15) is 59.8 Å². The Morgan fingerprint density at radius 1 is 1.11 bits per heavy atom. The van der Waals surface area contributed by atoms with Gasteiger partial charge in [-0.05, 0) is 31.9 Å². The van der Waals surface area contributed by atoms with E-state index in [4.69, 9.17) is 4.74 Å². The van der Waals surface area contributed by atoms with Crippen molar-refractivity contribution >= 4 is 23.5 Å². The third kappa shape index (κ3) is 6.46. The molecule has 0 aromatic carbocycles. The van der Waals surface area contributed by atoms with Gasteiger partial charge in [0.05, 0.1) is 17.8 Å². The first-order chi connectivity index (χ1) is 9.06. The lowest BCUT2D eigenvalue weighted by molar-refractivity contribution is -0.158. The molecule has 0 aromatic heterocycles. The van der Waals surface area contributed by atoms with E-state index < -0.39 is 5.41 Å². The predicted octanol–water partition coefficient (Wildman–Crippen LogP) is 3.85. The molecule has 0 heterocycles. The van der Waals surface area contributed by atoms with Crippen molar-refractivity contribution in [1.82, 2.24) is 0 Å². The van der Waals surface area contributed by atoms with E-state index in [9.17, 15) is 9.59 Å². The number of carbonyl (C=O) groups is 2. The Balaban J connectivity index is 4.40. The lowest BCUT2D eigenvalue weighted by Crippen LogP contribution is -2.34. The zero-order valence-corrected chi connectivity index (χ0v) is 13.6. The first kappa shape index (κ1) is 18.5. The van der Waals surface area contributed by atoms with Crippen molar-refractivity contribution in [1.29, 1.82) is 0 Å². The number of carbonyl (C=O) groups excluding carboxylic acids is 2. The fraction of sp³-hybridized carbons (Fsp3) is 0.867. The lowest BCUT2D eigenvalue weighted by atomic mass is 9.78. The summed E-state index contributed by atoms with van der Waals surface area (Å²) in [6.07, 6.45) is 3.93. The summed E-state index contributed by atoms with van der Waals surface area (Å²) in [5.41, 5.74) is -0.613. The molecule has 19 heavy (non-hydrogen) atoms. The van der Waals surface area contributed by atoms with Crippen LogP contribution in [-0.4, -0.2) is 29.9 Å². The van der Waals surface area contributed by atoms with Crippen molar-refractivity contribution < 1.29 is 14.3 Å². The van der Waals surface area contributed by atoms with Gasteiger partial charge in [-0.3, -0.25) is 9.59 Å². The van der Waals surface area contributed by atoms with Gasteiger partial charge >= 0.3 is 5.97 Å². The minimum Gasteiger partial charge on any atom is -0.466 e. The van der Waals surface area contributed by atoms with Crippen molar-refractivity contribution in [2.45, 2.75) is 59.8 Å². The Bertz CT molecular complexity index is 273. The van der Waals surface area contributed by atoms with E-state index in [2.05, 4.69) is 6.92 Å². The third-order valence-electron chi connectivity index (χ3n) is 3.50. The molecule has 4 heteroatoms. The summed E-state index contributed by atoms with van der Waals surface area (Å²) in [5.74, 6) is 1.48. The number of ketones is 1. The monoisotopic (exact) mass is 288 g/mol. The number of Topliss-reactive ketones (excluding diaryl/α,β-unsaturated/α-hetero) is 1. The third-order valence-corrected chi connectivity index (χ3v) is 4.61. The second-order valence-electron chi connectivity index (χ2n) is 4.83. The standard InChI is InChI=1S/C15H28O3S/c1-5-9-10-19-12-13(16)11-15(6-2,7-3)14(17)18-8-4/h5-12H2,1-4H3. The number of thioether (sulfide) groups is 1. The first-order valence-corrected chi connectivity index (χ1v) is 8.48. The molecule has 0 rings (SSSR count). The fourth-order valence-electron chi connectivity index (χ4n) is 2.01. The summed E-state index contributed by atoms with van der Waals surface area (Å²) in [7, 11) is 0. The quantitative estimate of drug-likeness (QED) is 0.428. The smallest absolute Gasteiger partial charge is 0.312 e. The zero-order chi connectivity index (χ0) is 14.7. The summed E-state index contributed by atoms with van der Waals surface area (Å²) >= 11 is 1.67. The van der Waals surface area contributed by atoms with Crippen LogP contribution < -0.4 is 0 Å². The molecule has 0 saturated heterocycles. The summed E-state index contributed by atoms with van der Waals surface area (Å²) in [5, 5.41) is 0. The average Bonchev–Trinajstić information content (AvgIpc) is 2.41. The molecule has 0 unspecified atom stereocenters. The van der Waals surface area contributed by atoms with Gasteiger partial charge in [0, 0.05) is 6.42 Å². The molecule has 0 aliphatic rings. The highest BCUT2D eigenvalue weighted by Gasteiger charge is 2.38. The van der Waals surface area contributed by atoms with E-state index in [-0.39, 0.29) is 11.8 Å². The van der Waals surface area contributed by atoms with Crippen molar-refractivity contribution in [3.05, 3.63) is 0 Å². The van der Waals surface area contributed by atoms with Crippen molar-refractivity contribution in [3.63, 3.8) is 0 Å². The van der Waals surface area contributed by atoms with Crippen molar-refractivity contribution in [3.8, 4) is 0 Å². The zero-order valence-electron chi connectivity index (χ0n) is 12.8. The van der Waals surface area contributed by atoms with Gasteiger partial charge in [0.15, 0.2) is 0 Å². The van der Waals surface area contributed by atoms with E-state index in [1.165, 1.54) is 0 Å². The molecular weight excluding hydrogens is 260 g/mol. The Kier molecular flexibility index (Phi) is 10.0. The molecule has 0 fully saturated rings. The maximum absolute atomic E-state index is 12.1. The van der Waals surface area contributed by atoms with Crippen LogP contribution in [0.5, 0.6) is 0 Å². The molecule has 0 saturated carbocycles. The Morgan fingerprint density at radius 2 is 1.74 bits per heavy atom. The molecular formula is C15H28O3S. The molecule has 0 aliphatic carbocycles. The summed E-state index contributed by atoms with van der Waals surface area (Å²) in [4.78, 5) is 24.1. The summed E-state index contributed by atoms with van der Waals surface area (Å²) in [6, 6.07) is 0. The normalized spacial score (nSPS) is 11.4. The van der Waals surface area contributed by atoms with Crippen LogP contribution in [-0.2, 0) is 14.3 Å². The van der Waals surface area contributed by atoms with E-state index in [1.807, 2.05) is 13.8 Å². The predicted molar refractivity (Wildman–Crippen MR) is 81.5 cm³/mol. The molecule has 0 aromatic rings. The van der Waals surface area contributed by atoms with Crippen LogP contribution in [0.2, 0.25) is 0 Å². The largest absolute Gasteiger partial charge is 0.466 e.